The van der Waals surface area contributed by atoms with Gasteiger partial charge in [0.1, 0.15) is 12.1 Å². The van der Waals surface area contributed by atoms with Gasteiger partial charge in [-0.1, -0.05) is 17.3 Å². The van der Waals surface area contributed by atoms with Crippen molar-refractivity contribution < 1.29 is 27.3 Å². The Morgan fingerprint density at radius 1 is 1.26 bits per heavy atom. The number of halogens is 3. The summed E-state index contributed by atoms with van der Waals surface area (Å²) in [6.45, 7) is -0.190. The van der Waals surface area contributed by atoms with Crippen molar-refractivity contribution in [3.8, 4) is 11.4 Å². The number of nitrogens with zero attached hydrogens (tertiary/aromatic N) is 3. The summed E-state index contributed by atoms with van der Waals surface area (Å²) in [4.78, 5) is 29.8. The molecule has 0 radical (unpaired) electrons. The summed E-state index contributed by atoms with van der Waals surface area (Å²) in [5.41, 5.74) is -1.31. The summed E-state index contributed by atoms with van der Waals surface area (Å²) in [5.74, 6) is 1.09. The SMILES string of the molecule is O=C1NC2(CCSC2)C(=O)N1Cc1nc(-c2ccc(C(F)(F)F)cc2)no1. The number of urea groups is 1. The minimum absolute atomic E-state index is 0.0242. The molecule has 2 fully saturated rings. The third kappa shape index (κ3) is 3.15. The van der Waals surface area contributed by atoms with Crippen LogP contribution in [0.1, 0.15) is 17.9 Å². The Morgan fingerprint density at radius 2 is 2.00 bits per heavy atom. The van der Waals surface area contributed by atoms with Crippen LogP contribution in [0.25, 0.3) is 11.4 Å². The Labute approximate surface area is 155 Å². The first-order valence-corrected chi connectivity index (χ1v) is 9.16. The number of alkyl halides is 3. The van der Waals surface area contributed by atoms with E-state index < -0.39 is 23.3 Å². The van der Waals surface area contributed by atoms with E-state index in [0.29, 0.717) is 17.7 Å². The minimum atomic E-state index is -4.43. The fourth-order valence-electron chi connectivity index (χ4n) is 3.03. The Morgan fingerprint density at radius 3 is 2.63 bits per heavy atom. The zero-order valence-corrected chi connectivity index (χ0v) is 14.6. The molecule has 1 unspecified atom stereocenters. The maximum Gasteiger partial charge on any atom is 0.416 e. The van der Waals surface area contributed by atoms with Crippen molar-refractivity contribution in [3.63, 3.8) is 0 Å². The topological polar surface area (TPSA) is 88.3 Å². The Bertz CT molecular complexity index is 891. The molecule has 142 valence electrons. The number of carbonyl (C=O) groups is 2. The lowest BCUT2D eigenvalue weighted by Gasteiger charge is -2.18. The monoisotopic (exact) mass is 398 g/mol. The van der Waals surface area contributed by atoms with Gasteiger partial charge in [0, 0.05) is 11.3 Å². The van der Waals surface area contributed by atoms with Crippen molar-refractivity contribution in [2.45, 2.75) is 24.7 Å². The summed E-state index contributed by atoms with van der Waals surface area (Å²) in [6, 6.07) is 3.79. The van der Waals surface area contributed by atoms with Gasteiger partial charge < -0.3 is 9.84 Å². The molecule has 2 aliphatic heterocycles. The van der Waals surface area contributed by atoms with Gasteiger partial charge in [-0.15, -0.1) is 0 Å². The third-order valence-electron chi connectivity index (χ3n) is 4.50. The van der Waals surface area contributed by atoms with Gasteiger partial charge in [-0.05, 0) is 24.3 Å². The maximum atomic E-state index is 12.6. The molecule has 0 saturated carbocycles. The number of carbonyl (C=O) groups excluding carboxylic acids is 2. The zero-order chi connectivity index (χ0) is 19.2. The first-order chi connectivity index (χ1) is 12.8. The molecule has 0 aliphatic carbocycles. The number of imide groups is 1. The molecule has 27 heavy (non-hydrogen) atoms. The lowest BCUT2D eigenvalue weighted by Crippen LogP contribution is -2.46. The average molecular weight is 398 g/mol. The number of amides is 3. The van der Waals surface area contributed by atoms with E-state index in [1.54, 1.807) is 11.8 Å². The highest BCUT2D eigenvalue weighted by atomic mass is 32.2. The van der Waals surface area contributed by atoms with E-state index in [1.807, 2.05) is 0 Å². The highest BCUT2D eigenvalue weighted by Crippen LogP contribution is 2.34. The molecule has 1 atom stereocenters. The van der Waals surface area contributed by atoms with Crippen molar-refractivity contribution in [3.05, 3.63) is 35.7 Å². The molecule has 1 N–H and O–H groups in total. The van der Waals surface area contributed by atoms with Gasteiger partial charge in [-0.25, -0.2) is 4.79 Å². The Hall–Kier alpha value is -2.56. The van der Waals surface area contributed by atoms with Crippen LogP contribution in [0, 0.1) is 0 Å². The van der Waals surface area contributed by atoms with Crippen LogP contribution >= 0.6 is 11.8 Å². The van der Waals surface area contributed by atoms with Crippen LogP contribution in [-0.4, -0.2) is 44.0 Å². The molecule has 7 nitrogen and oxygen atoms in total. The second kappa shape index (κ2) is 6.25. The van der Waals surface area contributed by atoms with Crippen LogP contribution in [0.4, 0.5) is 18.0 Å². The summed E-state index contributed by atoms with van der Waals surface area (Å²) in [5, 5.41) is 6.45. The van der Waals surface area contributed by atoms with Crippen molar-refractivity contribution >= 4 is 23.7 Å². The van der Waals surface area contributed by atoms with Crippen molar-refractivity contribution in [2.75, 3.05) is 11.5 Å². The van der Waals surface area contributed by atoms with Crippen LogP contribution < -0.4 is 5.32 Å². The Kier molecular flexibility index (Phi) is 4.13. The molecule has 1 spiro atoms. The van der Waals surface area contributed by atoms with Gasteiger partial charge in [0.25, 0.3) is 5.91 Å². The largest absolute Gasteiger partial charge is 0.416 e. The van der Waals surface area contributed by atoms with Crippen LogP contribution in [0.15, 0.2) is 28.8 Å². The number of thioether (sulfide) groups is 1. The first-order valence-electron chi connectivity index (χ1n) is 8.01. The highest BCUT2D eigenvalue weighted by molar-refractivity contribution is 7.99. The van der Waals surface area contributed by atoms with Gasteiger partial charge in [-0.2, -0.15) is 29.9 Å². The van der Waals surface area contributed by atoms with Gasteiger partial charge >= 0.3 is 12.2 Å². The summed E-state index contributed by atoms with van der Waals surface area (Å²) in [6.07, 6.45) is -3.86. The average Bonchev–Trinajstić information content (AvgIpc) is 3.33. The van der Waals surface area contributed by atoms with E-state index in [9.17, 15) is 22.8 Å². The van der Waals surface area contributed by atoms with Crippen LogP contribution in [0.2, 0.25) is 0 Å². The molecule has 2 aliphatic rings. The third-order valence-corrected chi connectivity index (χ3v) is 5.69. The minimum Gasteiger partial charge on any atom is -0.337 e. The van der Waals surface area contributed by atoms with E-state index in [4.69, 9.17) is 4.52 Å². The number of hydrogen-bond donors (Lipinski definition) is 1. The van der Waals surface area contributed by atoms with E-state index in [2.05, 4.69) is 15.5 Å². The molecule has 0 bridgehead atoms. The molecule has 2 saturated heterocycles. The quantitative estimate of drug-likeness (QED) is 0.800. The number of nitrogens with one attached hydrogen (secondary N) is 1. The first kappa shape index (κ1) is 17.8. The number of hydrogen-bond acceptors (Lipinski definition) is 6. The van der Waals surface area contributed by atoms with E-state index in [0.717, 1.165) is 22.8 Å². The van der Waals surface area contributed by atoms with Gasteiger partial charge in [0.15, 0.2) is 0 Å². The molecular formula is C16H13F3N4O3S. The van der Waals surface area contributed by atoms with E-state index in [1.165, 1.54) is 12.1 Å². The highest BCUT2D eigenvalue weighted by Gasteiger charge is 2.53. The Balaban J connectivity index is 1.50. The molecule has 2 aromatic rings. The molecule has 3 heterocycles. The van der Waals surface area contributed by atoms with Crippen LogP contribution in [0.5, 0.6) is 0 Å². The normalized spacial score (nSPS) is 22.7. The molecule has 11 heteroatoms. The van der Waals surface area contributed by atoms with Crippen LogP contribution in [-0.2, 0) is 17.5 Å². The van der Waals surface area contributed by atoms with Crippen molar-refractivity contribution in [2.24, 2.45) is 0 Å². The number of rotatable bonds is 3. The van der Waals surface area contributed by atoms with E-state index >= 15 is 0 Å². The second-order valence-corrected chi connectivity index (χ2v) is 7.40. The lowest BCUT2D eigenvalue weighted by atomic mass is 9.99. The van der Waals surface area contributed by atoms with Gasteiger partial charge in [0.2, 0.25) is 11.7 Å². The van der Waals surface area contributed by atoms with Crippen LogP contribution in [0.3, 0.4) is 0 Å². The van der Waals surface area contributed by atoms with Crippen molar-refractivity contribution in [1.82, 2.24) is 20.4 Å². The predicted molar refractivity (Wildman–Crippen MR) is 88.5 cm³/mol. The van der Waals surface area contributed by atoms with Gasteiger partial charge in [0.05, 0.1) is 5.56 Å². The molecule has 1 aromatic heterocycles. The predicted octanol–water partition coefficient (Wildman–Crippen LogP) is 2.68. The van der Waals surface area contributed by atoms with Gasteiger partial charge in [-0.3, -0.25) is 9.69 Å². The molecule has 3 amide bonds. The summed E-state index contributed by atoms with van der Waals surface area (Å²) in [7, 11) is 0. The fraction of sp³-hybridized carbons (Fsp3) is 0.375. The van der Waals surface area contributed by atoms with E-state index in [-0.39, 0.29) is 24.2 Å². The summed E-state index contributed by atoms with van der Waals surface area (Å²) >= 11 is 1.59. The fourth-order valence-corrected chi connectivity index (χ4v) is 4.36. The lowest BCUT2D eigenvalue weighted by molar-refractivity contribution is -0.137. The summed E-state index contributed by atoms with van der Waals surface area (Å²) < 4.78 is 42.9. The standard InChI is InChI=1S/C16H13F3N4O3S/c17-16(18,19)10-3-1-9(2-4-10)12-20-11(26-22-12)7-23-13(24)15(21-14(23)25)5-6-27-8-15/h1-4H,5-8H2,(H,21,25). The number of benzene rings is 1. The molecular weight excluding hydrogens is 385 g/mol. The smallest absolute Gasteiger partial charge is 0.337 e. The molecule has 4 rings (SSSR count). The maximum absolute atomic E-state index is 12.6. The molecule has 1 aromatic carbocycles. The van der Waals surface area contributed by atoms with Crippen molar-refractivity contribution in [1.29, 1.82) is 0 Å². The zero-order valence-electron chi connectivity index (χ0n) is 13.7. The second-order valence-electron chi connectivity index (χ2n) is 6.29. The number of aromatic nitrogens is 2.